The molecule has 0 aromatic rings. The first kappa shape index (κ1) is 23.7. The maximum absolute atomic E-state index is 9.10. The van der Waals surface area contributed by atoms with Gasteiger partial charge in [0.2, 0.25) is 0 Å². The lowest BCUT2D eigenvalue weighted by molar-refractivity contribution is 0.148. The van der Waals surface area contributed by atoms with Crippen molar-refractivity contribution >= 4 is 17.2 Å². The van der Waals surface area contributed by atoms with Crippen LogP contribution in [0.1, 0.15) is 79.1 Å². The first-order chi connectivity index (χ1) is 11.1. The Balaban J connectivity index is 4.27. The fourth-order valence-corrected chi connectivity index (χ4v) is 3.87. The van der Waals surface area contributed by atoms with Crippen molar-refractivity contribution in [3.05, 3.63) is 0 Å². The molecule has 0 bridgehead atoms. The maximum Gasteiger partial charge on any atom is 0.339 e. The van der Waals surface area contributed by atoms with E-state index in [1.807, 2.05) is 0 Å². The molecule has 140 valence electrons. The summed E-state index contributed by atoms with van der Waals surface area (Å²) in [5, 5.41) is 0. The zero-order chi connectivity index (χ0) is 17.5. The largest absolute Gasteiger partial charge is 0.339 e. The summed E-state index contributed by atoms with van der Waals surface area (Å²) in [5.74, 6) is 0.940. The fourth-order valence-electron chi connectivity index (χ4n) is 2.27. The predicted octanol–water partition coefficient (Wildman–Crippen LogP) is 5.91. The molecule has 0 fully saturated rings. The van der Waals surface area contributed by atoms with E-state index in [9.17, 15) is 0 Å². The molecule has 0 radical (unpaired) electrons. The molecule has 0 rings (SSSR count). The van der Waals surface area contributed by atoms with E-state index in [1.165, 1.54) is 25.7 Å². The van der Waals surface area contributed by atoms with Crippen LogP contribution in [-0.2, 0) is 13.4 Å². The lowest BCUT2D eigenvalue weighted by Crippen LogP contribution is -2.11. The Kier molecular flexibility index (Phi) is 16.6. The van der Waals surface area contributed by atoms with E-state index in [2.05, 4.69) is 27.7 Å². The van der Waals surface area contributed by atoms with Crippen LogP contribution in [0.3, 0.4) is 0 Å². The molecule has 7 heteroatoms. The summed E-state index contributed by atoms with van der Waals surface area (Å²) in [6, 6.07) is 0. The van der Waals surface area contributed by atoms with Crippen molar-refractivity contribution in [1.29, 1.82) is 0 Å². The molecule has 2 N–H and O–H groups in total. The van der Waals surface area contributed by atoms with Crippen LogP contribution >= 0.6 is 17.2 Å². The van der Waals surface area contributed by atoms with Gasteiger partial charge in [-0.2, -0.15) is 0 Å². The van der Waals surface area contributed by atoms with Crippen LogP contribution in [0.15, 0.2) is 0 Å². The zero-order valence-corrected chi connectivity index (χ0v) is 17.0. The third kappa shape index (κ3) is 13.6. The van der Waals surface area contributed by atoms with Crippen molar-refractivity contribution < 1.29 is 23.1 Å². The minimum Gasteiger partial charge on any atom is -0.328 e. The Morgan fingerprint density at radius 1 is 0.783 bits per heavy atom. The highest BCUT2D eigenvalue weighted by Crippen LogP contribution is 2.51. The molecule has 2 unspecified atom stereocenters. The summed E-state index contributed by atoms with van der Waals surface area (Å²) in [7, 11) is -4.13. The van der Waals surface area contributed by atoms with Crippen LogP contribution in [0.4, 0.5) is 0 Å². The van der Waals surface area contributed by atoms with Gasteiger partial charge in [-0.05, 0) is 24.7 Å². The lowest BCUT2D eigenvalue weighted by atomic mass is 10.0. The van der Waals surface area contributed by atoms with Gasteiger partial charge in [-0.3, -0.25) is 0 Å². The maximum atomic E-state index is 9.10. The SMILES string of the molecule is CCCCC(CC)COP(OCC(CC)CCCC)OP(O)O. The van der Waals surface area contributed by atoms with Crippen molar-refractivity contribution in [3.8, 4) is 0 Å². The lowest BCUT2D eigenvalue weighted by Gasteiger charge is -2.22. The molecule has 0 amide bonds. The van der Waals surface area contributed by atoms with E-state index >= 15 is 0 Å². The first-order valence-corrected chi connectivity index (χ1v) is 11.2. The van der Waals surface area contributed by atoms with Crippen molar-refractivity contribution in [3.63, 3.8) is 0 Å². The summed E-state index contributed by atoms with van der Waals surface area (Å²) in [6.07, 6.45) is 9.05. The second-order valence-electron chi connectivity index (χ2n) is 5.98. The van der Waals surface area contributed by atoms with Gasteiger partial charge in [-0.15, -0.1) is 0 Å². The van der Waals surface area contributed by atoms with Gasteiger partial charge in [0.25, 0.3) is 0 Å². The topological polar surface area (TPSA) is 68.2 Å². The second kappa shape index (κ2) is 16.1. The third-order valence-electron chi connectivity index (χ3n) is 4.06. The summed E-state index contributed by atoms with van der Waals surface area (Å²) in [5.41, 5.74) is 0. The molecule has 0 spiro atoms. The van der Waals surface area contributed by atoms with Crippen LogP contribution in [0.25, 0.3) is 0 Å². The molecule has 0 aromatic heterocycles. The van der Waals surface area contributed by atoms with Gasteiger partial charge >= 0.3 is 17.2 Å². The first-order valence-electron chi connectivity index (χ1n) is 8.99. The number of hydrogen-bond donors (Lipinski definition) is 2. The highest BCUT2D eigenvalue weighted by atomic mass is 31.2. The molecule has 0 aromatic carbocycles. The van der Waals surface area contributed by atoms with Gasteiger partial charge in [0.05, 0.1) is 13.2 Å². The number of hydrogen-bond acceptors (Lipinski definition) is 5. The Bertz CT molecular complexity index is 237. The smallest absolute Gasteiger partial charge is 0.328 e. The van der Waals surface area contributed by atoms with Gasteiger partial charge < -0.3 is 18.8 Å². The Hall–Kier alpha value is 0.660. The van der Waals surface area contributed by atoms with Gasteiger partial charge in [0, 0.05) is 0 Å². The van der Waals surface area contributed by atoms with E-state index in [4.69, 9.17) is 23.1 Å². The molecule has 5 nitrogen and oxygen atoms in total. The van der Waals surface area contributed by atoms with E-state index in [0.717, 1.165) is 25.7 Å². The van der Waals surface area contributed by atoms with Crippen LogP contribution in [0, 0.1) is 11.8 Å². The average molecular weight is 370 g/mol. The quantitative estimate of drug-likeness (QED) is 0.331. The summed E-state index contributed by atoms with van der Waals surface area (Å²) < 4.78 is 16.5. The van der Waals surface area contributed by atoms with Crippen molar-refractivity contribution in [2.24, 2.45) is 11.8 Å². The number of rotatable bonds is 16. The van der Waals surface area contributed by atoms with Gasteiger partial charge in [-0.25, -0.2) is 4.31 Å². The monoisotopic (exact) mass is 370 g/mol. The molecule has 0 saturated carbocycles. The molecule has 0 aliphatic heterocycles. The van der Waals surface area contributed by atoms with Crippen LogP contribution in [0.2, 0.25) is 0 Å². The molecule has 0 heterocycles. The zero-order valence-electron chi connectivity index (χ0n) is 15.2. The molecule has 23 heavy (non-hydrogen) atoms. The number of unbranched alkanes of at least 4 members (excludes halogenated alkanes) is 2. The van der Waals surface area contributed by atoms with Crippen LogP contribution in [0.5, 0.6) is 0 Å². The average Bonchev–Trinajstić information content (AvgIpc) is 2.54. The highest BCUT2D eigenvalue weighted by molar-refractivity contribution is 7.54. The highest BCUT2D eigenvalue weighted by Gasteiger charge is 2.21. The molecule has 0 aliphatic rings. The molecule has 0 aliphatic carbocycles. The minimum atomic E-state index is -2.45. The molecular weight excluding hydrogens is 334 g/mol. The van der Waals surface area contributed by atoms with E-state index in [0.29, 0.717) is 25.0 Å². The fraction of sp³-hybridized carbons (Fsp3) is 1.00. The summed E-state index contributed by atoms with van der Waals surface area (Å²) >= 11 is 0. The van der Waals surface area contributed by atoms with Gasteiger partial charge in [-0.1, -0.05) is 66.2 Å². The van der Waals surface area contributed by atoms with Crippen LogP contribution < -0.4 is 0 Å². The molecule has 2 atom stereocenters. The van der Waals surface area contributed by atoms with Gasteiger partial charge in [0.15, 0.2) is 0 Å². The van der Waals surface area contributed by atoms with Crippen molar-refractivity contribution in [1.82, 2.24) is 0 Å². The molecular formula is C16H36O5P2. The summed E-state index contributed by atoms with van der Waals surface area (Å²) in [4.78, 5) is 18.2. The third-order valence-corrected chi connectivity index (χ3v) is 5.89. The molecule has 0 saturated heterocycles. The van der Waals surface area contributed by atoms with Gasteiger partial charge in [0.1, 0.15) is 0 Å². The van der Waals surface area contributed by atoms with E-state index in [1.54, 1.807) is 0 Å². The predicted molar refractivity (Wildman–Crippen MR) is 97.9 cm³/mol. The Labute approximate surface area is 145 Å². The Morgan fingerprint density at radius 2 is 1.22 bits per heavy atom. The summed E-state index contributed by atoms with van der Waals surface area (Å²) in [6.45, 7) is 9.76. The van der Waals surface area contributed by atoms with Crippen LogP contribution in [-0.4, -0.2) is 23.0 Å². The van der Waals surface area contributed by atoms with Crippen molar-refractivity contribution in [2.75, 3.05) is 13.2 Å². The second-order valence-corrected chi connectivity index (χ2v) is 8.10. The van der Waals surface area contributed by atoms with E-state index in [-0.39, 0.29) is 0 Å². The normalized spacial score (nSPS) is 15.8. The van der Waals surface area contributed by atoms with E-state index < -0.39 is 17.2 Å². The Morgan fingerprint density at radius 3 is 1.52 bits per heavy atom. The standard InChI is InChI=1S/C16H36O5P2/c1-5-9-11-15(7-3)13-19-23(21-22(17)18)20-14-16(8-4)12-10-6-2/h15-18H,5-14H2,1-4H3. The minimum absolute atomic E-state index is 0.470. The van der Waals surface area contributed by atoms with Crippen molar-refractivity contribution in [2.45, 2.75) is 79.1 Å².